The number of nitrogen functional groups attached to an aromatic ring is 1. The fraction of sp³-hybridized carbons (Fsp3) is 0.435. The Bertz CT molecular complexity index is 1460. The van der Waals surface area contributed by atoms with Crippen LogP contribution in [0.4, 0.5) is 10.6 Å². The van der Waals surface area contributed by atoms with Crippen LogP contribution in [0.3, 0.4) is 0 Å². The van der Waals surface area contributed by atoms with Crippen LogP contribution < -0.4 is 11.4 Å². The molecule has 1 fully saturated rings. The fourth-order valence-electron chi connectivity index (χ4n) is 4.37. The van der Waals surface area contributed by atoms with E-state index in [0.29, 0.717) is 19.3 Å². The number of fused-ring (bicyclic) bond motifs is 1. The van der Waals surface area contributed by atoms with Crippen LogP contribution in [0.2, 0.25) is 0 Å². The first-order chi connectivity index (χ1) is 17.2. The highest BCUT2D eigenvalue weighted by Crippen LogP contribution is 2.25. The van der Waals surface area contributed by atoms with E-state index in [1.165, 1.54) is 9.47 Å². The highest BCUT2D eigenvalue weighted by Gasteiger charge is 2.38. The number of amides is 1. The molecule has 2 unspecified atom stereocenters. The zero-order valence-corrected chi connectivity index (χ0v) is 21.0. The van der Waals surface area contributed by atoms with Crippen molar-refractivity contribution in [3.63, 3.8) is 0 Å². The summed E-state index contributed by atoms with van der Waals surface area (Å²) in [4.78, 5) is 49.5. The van der Waals surface area contributed by atoms with Gasteiger partial charge in [-0.2, -0.15) is 4.98 Å². The lowest BCUT2D eigenvalue weighted by Gasteiger charge is -2.23. The number of nitrogens with one attached hydrogen (secondary N) is 1. The number of likely N-dealkylation sites (tertiary alicyclic amines) is 1. The quantitative estimate of drug-likeness (QED) is 0.356. The van der Waals surface area contributed by atoms with Gasteiger partial charge >= 0.3 is 17.7 Å². The van der Waals surface area contributed by atoms with Crippen LogP contribution in [-0.4, -0.2) is 65.2 Å². The molecular weight excluding hydrogens is 486 g/mol. The Morgan fingerprint density at radius 1 is 1.22 bits per heavy atom. The number of rotatable bonds is 7. The second-order valence-electron chi connectivity index (χ2n) is 8.52. The summed E-state index contributed by atoms with van der Waals surface area (Å²) in [6.45, 7) is 3.95. The lowest BCUT2D eigenvalue weighted by Crippen LogP contribution is -2.46. The molecule has 1 aromatic carbocycles. The average Bonchev–Trinajstić information content (AvgIpc) is 3.44. The maximum Gasteiger partial charge on any atom is 0.339 e. The number of hydrogen-bond donors (Lipinski definition) is 2. The summed E-state index contributed by atoms with van der Waals surface area (Å²) in [6.07, 6.45) is 1.45. The number of nitrogens with zero attached hydrogens (tertiary/aromatic N) is 5. The molecule has 0 aliphatic carbocycles. The van der Waals surface area contributed by atoms with Gasteiger partial charge in [-0.25, -0.2) is 32.9 Å². The predicted molar refractivity (Wildman–Crippen MR) is 133 cm³/mol. The molecular formula is C23H29N7O5S. The molecule has 1 amide bonds. The summed E-state index contributed by atoms with van der Waals surface area (Å²) in [7, 11) is -3.36. The SMILES string of the molecule is CCCS(=N)(=O)c1nc(N)c2c(n1)n(Cc1ccccc1)c(=O)n2C(=O)N1CCCC1C(=O)OCC. The molecule has 1 saturated heterocycles. The van der Waals surface area contributed by atoms with Crippen LogP contribution in [0, 0.1) is 4.78 Å². The molecule has 0 radical (unpaired) electrons. The van der Waals surface area contributed by atoms with E-state index < -0.39 is 33.5 Å². The van der Waals surface area contributed by atoms with Gasteiger partial charge in [0, 0.05) is 12.3 Å². The summed E-state index contributed by atoms with van der Waals surface area (Å²) in [5.74, 6) is -0.755. The van der Waals surface area contributed by atoms with E-state index >= 15 is 0 Å². The smallest absolute Gasteiger partial charge is 0.339 e. The molecule has 13 heteroatoms. The first-order valence-corrected chi connectivity index (χ1v) is 13.5. The Morgan fingerprint density at radius 3 is 2.61 bits per heavy atom. The molecule has 0 bridgehead atoms. The van der Waals surface area contributed by atoms with Crippen LogP contribution in [0.5, 0.6) is 0 Å². The first-order valence-electron chi connectivity index (χ1n) is 11.8. The first kappa shape index (κ1) is 25.4. The van der Waals surface area contributed by atoms with Crippen molar-refractivity contribution in [2.75, 3.05) is 24.6 Å². The largest absolute Gasteiger partial charge is 0.464 e. The average molecular weight is 516 g/mol. The normalized spacial score (nSPS) is 17.3. The van der Waals surface area contributed by atoms with E-state index in [1.54, 1.807) is 13.8 Å². The number of anilines is 1. The van der Waals surface area contributed by atoms with Gasteiger partial charge in [-0.1, -0.05) is 37.3 Å². The lowest BCUT2D eigenvalue weighted by atomic mass is 10.2. The van der Waals surface area contributed by atoms with Crippen molar-refractivity contribution in [1.82, 2.24) is 24.0 Å². The molecule has 3 heterocycles. The number of aromatic nitrogens is 4. The molecule has 3 N–H and O–H groups in total. The number of esters is 1. The third-order valence-corrected chi connectivity index (χ3v) is 7.75. The molecule has 36 heavy (non-hydrogen) atoms. The zero-order valence-electron chi connectivity index (χ0n) is 20.2. The van der Waals surface area contributed by atoms with Crippen molar-refractivity contribution >= 4 is 38.7 Å². The highest BCUT2D eigenvalue weighted by molar-refractivity contribution is 7.92. The molecule has 12 nitrogen and oxygen atoms in total. The Hall–Kier alpha value is -3.74. The standard InChI is InChI=1S/C23H29N7O5S/c1-3-13-36(25,34)21-26-18(24)17-19(27-21)29(14-15-9-6-5-7-10-15)23(33)30(17)22(32)28-12-8-11-16(28)20(31)35-4-2/h5-7,9-10,16,25H,3-4,8,11-14H2,1-2H3,(H2,24,26,27). The van der Waals surface area contributed by atoms with Crippen LogP contribution >= 0.6 is 0 Å². The zero-order chi connectivity index (χ0) is 26.0. The molecule has 1 aliphatic rings. The third-order valence-electron chi connectivity index (χ3n) is 5.99. The van der Waals surface area contributed by atoms with Gasteiger partial charge in [0.25, 0.3) is 0 Å². The Labute approximate surface area is 208 Å². The molecule has 2 aromatic heterocycles. The number of carbonyl (C=O) groups excluding carboxylic acids is 2. The van der Waals surface area contributed by atoms with Crippen molar-refractivity contribution in [2.45, 2.75) is 50.9 Å². The number of benzene rings is 1. The monoisotopic (exact) mass is 515 g/mol. The third kappa shape index (κ3) is 4.57. The van der Waals surface area contributed by atoms with E-state index in [0.717, 1.165) is 10.1 Å². The van der Waals surface area contributed by atoms with Gasteiger partial charge in [0.05, 0.1) is 13.2 Å². The van der Waals surface area contributed by atoms with Gasteiger partial charge in [-0.05, 0) is 31.7 Å². The van der Waals surface area contributed by atoms with Gasteiger partial charge in [0.2, 0.25) is 5.16 Å². The number of imidazole rings is 1. The van der Waals surface area contributed by atoms with Crippen LogP contribution in [0.15, 0.2) is 40.3 Å². The van der Waals surface area contributed by atoms with Gasteiger partial charge in [0.1, 0.15) is 21.3 Å². The van der Waals surface area contributed by atoms with Crippen molar-refractivity contribution < 1.29 is 18.5 Å². The van der Waals surface area contributed by atoms with Gasteiger partial charge in [-0.15, -0.1) is 0 Å². The van der Waals surface area contributed by atoms with Crippen molar-refractivity contribution in [2.24, 2.45) is 0 Å². The lowest BCUT2D eigenvalue weighted by molar-refractivity contribution is -0.147. The Balaban J connectivity index is 1.91. The minimum atomic E-state index is -3.36. The molecule has 192 valence electrons. The summed E-state index contributed by atoms with van der Waals surface area (Å²) in [5, 5.41) is -0.286. The molecule has 0 spiro atoms. The minimum absolute atomic E-state index is 0.00247. The summed E-state index contributed by atoms with van der Waals surface area (Å²) in [6, 6.07) is 7.51. The molecule has 4 rings (SSSR count). The van der Waals surface area contributed by atoms with E-state index in [1.807, 2.05) is 30.3 Å². The highest BCUT2D eigenvalue weighted by atomic mass is 32.2. The van der Waals surface area contributed by atoms with E-state index in [4.69, 9.17) is 15.3 Å². The van der Waals surface area contributed by atoms with Crippen LogP contribution in [-0.2, 0) is 25.8 Å². The molecule has 3 aromatic rings. The van der Waals surface area contributed by atoms with E-state index in [-0.39, 0.29) is 47.6 Å². The number of ether oxygens (including phenoxy) is 1. The van der Waals surface area contributed by atoms with Crippen molar-refractivity contribution in [1.29, 1.82) is 4.78 Å². The molecule has 0 saturated carbocycles. The second kappa shape index (κ2) is 10.1. The Morgan fingerprint density at radius 2 is 1.94 bits per heavy atom. The molecule has 2 atom stereocenters. The van der Waals surface area contributed by atoms with E-state index in [2.05, 4.69) is 9.97 Å². The predicted octanol–water partition coefficient (Wildman–Crippen LogP) is 2.03. The number of carbonyl (C=O) groups is 2. The fourth-order valence-corrected chi connectivity index (χ4v) is 5.61. The summed E-state index contributed by atoms with van der Waals surface area (Å²) >= 11 is 0. The van der Waals surface area contributed by atoms with Crippen LogP contribution in [0.25, 0.3) is 11.2 Å². The van der Waals surface area contributed by atoms with Crippen molar-refractivity contribution in [3.8, 4) is 0 Å². The van der Waals surface area contributed by atoms with Crippen molar-refractivity contribution in [3.05, 3.63) is 46.4 Å². The Kier molecular flexibility index (Phi) is 7.11. The topological polar surface area (TPSA) is 166 Å². The summed E-state index contributed by atoms with van der Waals surface area (Å²) in [5.41, 5.74) is 6.20. The van der Waals surface area contributed by atoms with E-state index in [9.17, 15) is 18.6 Å². The number of hydrogen-bond acceptors (Lipinski definition) is 9. The molecule has 1 aliphatic heterocycles. The maximum absolute atomic E-state index is 13.7. The summed E-state index contributed by atoms with van der Waals surface area (Å²) < 4.78 is 28.4. The minimum Gasteiger partial charge on any atom is -0.464 e. The van der Waals surface area contributed by atoms with Gasteiger partial charge < -0.3 is 15.4 Å². The van der Waals surface area contributed by atoms with Gasteiger partial charge in [-0.3, -0.25) is 4.57 Å². The van der Waals surface area contributed by atoms with Gasteiger partial charge in [0.15, 0.2) is 11.5 Å². The number of nitrogens with two attached hydrogens (primary N) is 1. The second-order valence-corrected chi connectivity index (χ2v) is 10.6. The van der Waals surface area contributed by atoms with Crippen LogP contribution in [0.1, 0.15) is 38.7 Å². The maximum atomic E-state index is 13.7.